The maximum Gasteiger partial charge on any atom is 0.255 e. The van der Waals surface area contributed by atoms with Gasteiger partial charge in [0.25, 0.3) is 5.91 Å². The number of rotatable bonds is 5. The Morgan fingerprint density at radius 3 is 2.63 bits per heavy atom. The van der Waals surface area contributed by atoms with Crippen LogP contribution in [0.4, 0.5) is 5.69 Å². The van der Waals surface area contributed by atoms with Crippen LogP contribution in [0, 0.1) is 0 Å². The quantitative estimate of drug-likeness (QED) is 0.544. The van der Waals surface area contributed by atoms with Crippen LogP contribution in [-0.4, -0.2) is 38.0 Å². The highest BCUT2D eigenvalue weighted by Gasteiger charge is 2.19. The van der Waals surface area contributed by atoms with E-state index in [1.165, 1.54) is 0 Å². The molecule has 0 saturated carbocycles. The van der Waals surface area contributed by atoms with Crippen molar-refractivity contribution in [1.29, 1.82) is 0 Å². The predicted octanol–water partition coefficient (Wildman–Crippen LogP) is 4.30. The van der Waals surface area contributed by atoms with Crippen molar-refractivity contribution < 1.29 is 4.79 Å². The molecular weight excluding hydrogens is 374 g/mol. The van der Waals surface area contributed by atoms with Crippen molar-refractivity contribution in [2.45, 2.75) is 26.4 Å². The lowest BCUT2D eigenvalue weighted by Crippen LogP contribution is -2.34. The van der Waals surface area contributed by atoms with Gasteiger partial charge in [0.1, 0.15) is 5.82 Å². The molecule has 6 nitrogen and oxygen atoms in total. The molecule has 0 radical (unpaired) electrons. The Morgan fingerprint density at radius 1 is 1.07 bits per heavy atom. The number of anilines is 1. The maximum absolute atomic E-state index is 12.7. The number of carbonyl (C=O) groups excluding carboxylic acids is 1. The summed E-state index contributed by atoms with van der Waals surface area (Å²) in [5.41, 5.74) is 4.49. The number of fused-ring (bicyclic) bond motifs is 3. The minimum Gasteiger partial charge on any atom is -0.326 e. The third-order valence-corrected chi connectivity index (χ3v) is 5.66. The Hall–Kier alpha value is -3.38. The Kier molecular flexibility index (Phi) is 4.85. The lowest BCUT2D eigenvalue weighted by Gasteiger charge is -2.27. The zero-order valence-electron chi connectivity index (χ0n) is 17.1. The third-order valence-electron chi connectivity index (χ3n) is 5.66. The minimum absolute atomic E-state index is 0.119. The van der Waals surface area contributed by atoms with Gasteiger partial charge in [0, 0.05) is 42.4 Å². The first-order chi connectivity index (χ1) is 14.7. The van der Waals surface area contributed by atoms with Gasteiger partial charge in [-0.05, 0) is 67.6 Å². The van der Waals surface area contributed by atoms with Crippen LogP contribution in [-0.2, 0) is 13.1 Å². The average molecular weight is 399 g/mol. The van der Waals surface area contributed by atoms with Crippen LogP contribution < -0.4 is 5.32 Å². The lowest BCUT2D eigenvalue weighted by molar-refractivity contribution is 0.102. The molecule has 0 aliphatic carbocycles. The van der Waals surface area contributed by atoms with E-state index < -0.39 is 0 Å². The summed E-state index contributed by atoms with van der Waals surface area (Å²) in [6.07, 6.45) is 5.12. The van der Waals surface area contributed by atoms with Gasteiger partial charge in [-0.2, -0.15) is 0 Å². The van der Waals surface area contributed by atoms with Gasteiger partial charge >= 0.3 is 0 Å². The first-order valence-electron chi connectivity index (χ1n) is 10.5. The molecule has 0 spiro atoms. The fraction of sp³-hybridized carbons (Fsp3) is 0.250. The highest BCUT2D eigenvalue weighted by molar-refractivity contribution is 6.05. The SMILES string of the molecule is CCCN1CCn2c(nc3cc(NC(=O)c4ccc(-n5cccc5)cc4)ccc32)C1. The molecule has 6 heteroatoms. The van der Waals surface area contributed by atoms with Crippen molar-refractivity contribution in [3.63, 3.8) is 0 Å². The number of hydrogen-bond acceptors (Lipinski definition) is 3. The Morgan fingerprint density at radius 2 is 1.87 bits per heavy atom. The monoisotopic (exact) mass is 399 g/mol. The molecule has 1 aliphatic heterocycles. The summed E-state index contributed by atoms with van der Waals surface area (Å²) in [6.45, 7) is 6.22. The standard InChI is InChI=1S/C24H25N5O/c1-2-11-27-14-15-29-22-10-7-19(16-21(22)26-23(29)17-27)25-24(30)18-5-8-20(9-6-18)28-12-3-4-13-28/h3-10,12-13,16H,2,11,14-15,17H2,1H3,(H,25,30). The van der Waals surface area contributed by atoms with Crippen molar-refractivity contribution >= 4 is 22.6 Å². The predicted molar refractivity (Wildman–Crippen MR) is 119 cm³/mol. The van der Waals surface area contributed by atoms with E-state index in [0.717, 1.165) is 60.8 Å². The minimum atomic E-state index is -0.119. The van der Waals surface area contributed by atoms with Gasteiger partial charge in [0.2, 0.25) is 0 Å². The van der Waals surface area contributed by atoms with Gasteiger partial charge in [0.05, 0.1) is 17.6 Å². The molecule has 2 aromatic heterocycles. The van der Waals surface area contributed by atoms with Gasteiger partial charge in [-0.3, -0.25) is 9.69 Å². The highest BCUT2D eigenvalue weighted by Crippen LogP contribution is 2.24. The second kappa shape index (κ2) is 7.80. The highest BCUT2D eigenvalue weighted by atomic mass is 16.1. The molecule has 1 amide bonds. The number of aromatic nitrogens is 3. The average Bonchev–Trinajstić information content (AvgIpc) is 3.41. The van der Waals surface area contributed by atoms with Crippen molar-refractivity contribution in [2.24, 2.45) is 0 Å². The van der Waals surface area contributed by atoms with Crippen molar-refractivity contribution in [3.8, 4) is 5.69 Å². The van der Waals surface area contributed by atoms with Crippen LogP contribution in [0.15, 0.2) is 67.0 Å². The van der Waals surface area contributed by atoms with Gasteiger partial charge in [-0.1, -0.05) is 6.92 Å². The largest absolute Gasteiger partial charge is 0.326 e. The van der Waals surface area contributed by atoms with E-state index in [1.54, 1.807) is 0 Å². The molecule has 1 aliphatic rings. The summed E-state index contributed by atoms with van der Waals surface area (Å²) in [5, 5.41) is 3.01. The number of hydrogen-bond donors (Lipinski definition) is 1. The fourth-order valence-corrected chi connectivity index (χ4v) is 4.15. The molecule has 0 bridgehead atoms. The number of imidazole rings is 1. The normalized spacial score (nSPS) is 14.0. The van der Waals surface area contributed by atoms with Crippen LogP contribution in [0.25, 0.3) is 16.7 Å². The summed E-state index contributed by atoms with van der Waals surface area (Å²) in [4.78, 5) is 20.0. The van der Waals surface area contributed by atoms with Gasteiger partial charge in [0.15, 0.2) is 0 Å². The summed E-state index contributed by atoms with van der Waals surface area (Å²) in [7, 11) is 0. The number of nitrogens with one attached hydrogen (secondary N) is 1. The summed E-state index contributed by atoms with van der Waals surface area (Å²) in [5.74, 6) is 0.986. The maximum atomic E-state index is 12.7. The number of benzene rings is 2. The Labute approximate surface area is 175 Å². The molecule has 3 heterocycles. The Balaban J connectivity index is 1.33. The molecule has 4 aromatic rings. The van der Waals surface area contributed by atoms with Crippen LogP contribution in [0.2, 0.25) is 0 Å². The van der Waals surface area contributed by atoms with Gasteiger partial charge in [-0.25, -0.2) is 4.98 Å². The van der Waals surface area contributed by atoms with Gasteiger partial charge in [-0.15, -0.1) is 0 Å². The van der Waals surface area contributed by atoms with Crippen LogP contribution >= 0.6 is 0 Å². The summed E-state index contributed by atoms with van der Waals surface area (Å²) in [6, 6.07) is 17.5. The van der Waals surface area contributed by atoms with Crippen LogP contribution in [0.3, 0.4) is 0 Å². The van der Waals surface area contributed by atoms with E-state index in [0.29, 0.717) is 5.56 Å². The van der Waals surface area contributed by atoms with E-state index in [-0.39, 0.29) is 5.91 Å². The molecule has 30 heavy (non-hydrogen) atoms. The second-order valence-electron chi connectivity index (χ2n) is 7.75. The molecule has 0 atom stereocenters. The van der Waals surface area contributed by atoms with Crippen LogP contribution in [0.5, 0.6) is 0 Å². The van der Waals surface area contributed by atoms with E-state index in [1.807, 2.05) is 65.5 Å². The summed E-state index contributed by atoms with van der Waals surface area (Å²) < 4.78 is 4.31. The van der Waals surface area contributed by atoms with Crippen LogP contribution in [0.1, 0.15) is 29.5 Å². The molecule has 0 fully saturated rings. The molecule has 0 saturated heterocycles. The molecule has 0 unspecified atom stereocenters. The number of carbonyl (C=O) groups is 1. The topological polar surface area (TPSA) is 55.1 Å². The third kappa shape index (κ3) is 3.50. The molecular formula is C24H25N5O. The fourth-order valence-electron chi connectivity index (χ4n) is 4.15. The molecule has 5 rings (SSSR count). The molecule has 152 valence electrons. The first kappa shape index (κ1) is 18.6. The smallest absolute Gasteiger partial charge is 0.255 e. The number of amides is 1. The summed E-state index contributed by atoms with van der Waals surface area (Å²) >= 11 is 0. The van der Waals surface area contributed by atoms with Crippen molar-refractivity contribution in [3.05, 3.63) is 78.4 Å². The van der Waals surface area contributed by atoms with E-state index >= 15 is 0 Å². The second-order valence-corrected chi connectivity index (χ2v) is 7.75. The Bertz CT molecular complexity index is 1170. The van der Waals surface area contributed by atoms with E-state index in [9.17, 15) is 4.79 Å². The zero-order valence-corrected chi connectivity index (χ0v) is 17.1. The van der Waals surface area contributed by atoms with Crippen molar-refractivity contribution in [2.75, 3.05) is 18.4 Å². The zero-order chi connectivity index (χ0) is 20.5. The lowest BCUT2D eigenvalue weighted by atomic mass is 10.2. The first-order valence-corrected chi connectivity index (χ1v) is 10.5. The van der Waals surface area contributed by atoms with Gasteiger partial charge < -0.3 is 14.5 Å². The number of nitrogens with zero attached hydrogens (tertiary/aromatic N) is 4. The van der Waals surface area contributed by atoms with Crippen molar-refractivity contribution in [1.82, 2.24) is 19.0 Å². The molecule has 2 aromatic carbocycles. The molecule has 1 N–H and O–H groups in total. The van der Waals surface area contributed by atoms with E-state index in [2.05, 4.69) is 27.8 Å². The van der Waals surface area contributed by atoms with E-state index in [4.69, 9.17) is 4.98 Å².